The molecular formula is C16H29BO2. The van der Waals surface area contributed by atoms with Gasteiger partial charge >= 0.3 is 5.97 Å². The highest BCUT2D eigenvalue weighted by molar-refractivity contribution is 6.62. The molecule has 0 aromatic rings. The van der Waals surface area contributed by atoms with Crippen molar-refractivity contribution in [2.75, 3.05) is 7.11 Å². The molecule has 0 aromatic carbocycles. The first-order valence-electron chi connectivity index (χ1n) is 8.13. The number of hydrogen-bond acceptors (Lipinski definition) is 2. The van der Waals surface area contributed by atoms with Crippen molar-refractivity contribution in [3.8, 4) is 0 Å². The first kappa shape index (κ1) is 14.9. The van der Waals surface area contributed by atoms with Crippen molar-refractivity contribution in [3.63, 3.8) is 0 Å². The van der Waals surface area contributed by atoms with Crippen LogP contribution >= 0.6 is 0 Å². The average molecular weight is 264 g/mol. The van der Waals surface area contributed by atoms with Crippen LogP contribution in [0.3, 0.4) is 0 Å². The number of carbonyl (C=O) groups is 1. The van der Waals surface area contributed by atoms with Gasteiger partial charge in [-0.15, -0.1) is 0 Å². The number of carbonyl (C=O) groups excluding carboxylic acids is 1. The minimum Gasteiger partial charge on any atom is -0.469 e. The maximum atomic E-state index is 11.7. The second-order valence-electron chi connectivity index (χ2n) is 7.31. The number of fused-ring (bicyclic) bond motifs is 2. The fourth-order valence-electron chi connectivity index (χ4n) is 4.44. The van der Waals surface area contributed by atoms with E-state index in [0.717, 1.165) is 24.8 Å². The van der Waals surface area contributed by atoms with E-state index in [1.54, 1.807) is 0 Å². The van der Waals surface area contributed by atoms with E-state index in [9.17, 15) is 4.79 Å². The third-order valence-electron chi connectivity index (χ3n) is 5.59. The van der Waals surface area contributed by atoms with Crippen molar-refractivity contribution in [1.82, 2.24) is 0 Å². The van der Waals surface area contributed by atoms with E-state index in [1.165, 1.54) is 58.4 Å². The van der Waals surface area contributed by atoms with Gasteiger partial charge in [-0.1, -0.05) is 62.9 Å². The number of methoxy groups -OCH3 is 1. The van der Waals surface area contributed by atoms with E-state index in [-0.39, 0.29) is 11.4 Å². The Hall–Kier alpha value is -0.465. The van der Waals surface area contributed by atoms with Gasteiger partial charge in [0, 0.05) is 0 Å². The molecule has 2 bridgehead atoms. The zero-order valence-electron chi connectivity index (χ0n) is 12.9. The molecule has 2 nitrogen and oxygen atoms in total. The van der Waals surface area contributed by atoms with Crippen LogP contribution in [0.1, 0.15) is 65.2 Å². The lowest BCUT2D eigenvalue weighted by Gasteiger charge is -2.41. The van der Waals surface area contributed by atoms with Crippen molar-refractivity contribution in [3.05, 3.63) is 0 Å². The van der Waals surface area contributed by atoms with E-state index in [1.807, 2.05) is 13.8 Å². The molecule has 0 N–H and O–H groups in total. The summed E-state index contributed by atoms with van der Waals surface area (Å²) in [5.41, 5.74) is -0.307. The van der Waals surface area contributed by atoms with Gasteiger partial charge in [0.25, 0.3) is 0 Å². The van der Waals surface area contributed by atoms with Gasteiger partial charge in [-0.3, -0.25) is 4.79 Å². The van der Waals surface area contributed by atoms with Crippen molar-refractivity contribution >= 4 is 12.7 Å². The van der Waals surface area contributed by atoms with Crippen LogP contribution in [0.2, 0.25) is 18.0 Å². The van der Waals surface area contributed by atoms with Crippen LogP contribution in [0, 0.1) is 5.41 Å². The van der Waals surface area contributed by atoms with Crippen molar-refractivity contribution in [2.45, 2.75) is 83.2 Å². The largest absolute Gasteiger partial charge is 0.469 e. The molecule has 2 heterocycles. The molecule has 0 atom stereocenters. The van der Waals surface area contributed by atoms with Crippen LogP contribution in [-0.4, -0.2) is 19.8 Å². The first-order valence-corrected chi connectivity index (χ1v) is 8.13. The topological polar surface area (TPSA) is 26.3 Å². The number of rotatable bonds is 5. The summed E-state index contributed by atoms with van der Waals surface area (Å²) < 4.78 is 4.89. The zero-order chi connectivity index (χ0) is 13.9. The molecule has 0 aromatic heterocycles. The Morgan fingerprint density at radius 3 is 2.16 bits per heavy atom. The Kier molecular flexibility index (Phi) is 4.97. The zero-order valence-corrected chi connectivity index (χ0v) is 12.9. The summed E-state index contributed by atoms with van der Waals surface area (Å²) in [6.45, 7) is 4.98. The second kappa shape index (κ2) is 6.32. The van der Waals surface area contributed by atoms with Gasteiger partial charge in [0.15, 0.2) is 0 Å². The van der Waals surface area contributed by atoms with Crippen molar-refractivity contribution < 1.29 is 9.53 Å². The number of ether oxygens (including phenoxy) is 1. The van der Waals surface area contributed by atoms with Crippen molar-refractivity contribution in [2.24, 2.45) is 5.41 Å². The molecule has 2 aliphatic heterocycles. The molecule has 0 amide bonds. The van der Waals surface area contributed by atoms with Crippen LogP contribution < -0.4 is 0 Å². The Balaban J connectivity index is 1.80. The average Bonchev–Trinajstić information content (AvgIpc) is 2.37. The van der Waals surface area contributed by atoms with Crippen LogP contribution in [-0.2, 0) is 9.53 Å². The normalized spacial score (nSPS) is 27.2. The predicted octanol–water partition coefficient (Wildman–Crippen LogP) is 4.57. The molecule has 0 spiro atoms. The fraction of sp³-hybridized carbons (Fsp3) is 0.938. The Morgan fingerprint density at radius 1 is 1.16 bits per heavy atom. The summed E-state index contributed by atoms with van der Waals surface area (Å²) in [4.78, 5) is 11.7. The standard InChI is InChI=1S/C16H29BO2/c1-16(2,15(18)19-3)11-6-12-17-13-7-4-8-14(17)10-5-9-13/h13-14H,4-12H2,1-3H3. The van der Waals surface area contributed by atoms with E-state index < -0.39 is 0 Å². The monoisotopic (exact) mass is 264 g/mol. The first-order chi connectivity index (χ1) is 9.04. The highest BCUT2D eigenvalue weighted by Gasteiger charge is 2.39. The Morgan fingerprint density at radius 2 is 1.68 bits per heavy atom. The van der Waals surface area contributed by atoms with Crippen molar-refractivity contribution in [1.29, 1.82) is 0 Å². The van der Waals surface area contributed by atoms with Gasteiger partial charge in [-0.25, -0.2) is 0 Å². The quantitative estimate of drug-likeness (QED) is 0.537. The van der Waals surface area contributed by atoms with Crippen LogP contribution in [0.15, 0.2) is 0 Å². The predicted molar refractivity (Wildman–Crippen MR) is 80.8 cm³/mol. The summed E-state index contributed by atoms with van der Waals surface area (Å²) in [5, 5.41) is 0. The van der Waals surface area contributed by atoms with Gasteiger partial charge in [0.2, 0.25) is 0 Å². The molecule has 2 fully saturated rings. The van der Waals surface area contributed by atoms with Gasteiger partial charge in [0.1, 0.15) is 6.71 Å². The minimum atomic E-state index is -0.307. The molecule has 0 radical (unpaired) electrons. The third kappa shape index (κ3) is 3.55. The molecule has 3 heteroatoms. The summed E-state index contributed by atoms with van der Waals surface area (Å²) in [6.07, 6.45) is 12.2. The van der Waals surface area contributed by atoms with Crippen LogP contribution in [0.4, 0.5) is 0 Å². The van der Waals surface area contributed by atoms with Crippen LogP contribution in [0.5, 0.6) is 0 Å². The Labute approximate surface area is 118 Å². The van der Waals surface area contributed by atoms with Crippen LogP contribution in [0.25, 0.3) is 0 Å². The maximum Gasteiger partial charge on any atom is 0.311 e. The lowest BCUT2D eigenvalue weighted by atomic mass is 9.25. The molecule has 19 heavy (non-hydrogen) atoms. The molecule has 2 rings (SSSR count). The lowest BCUT2D eigenvalue weighted by molar-refractivity contribution is -0.151. The highest BCUT2D eigenvalue weighted by atomic mass is 16.5. The molecule has 2 saturated heterocycles. The molecule has 0 aliphatic carbocycles. The summed E-state index contributed by atoms with van der Waals surface area (Å²) >= 11 is 0. The summed E-state index contributed by atoms with van der Waals surface area (Å²) in [7, 11) is 1.50. The number of hydrogen-bond donors (Lipinski definition) is 0. The van der Waals surface area contributed by atoms with Gasteiger partial charge in [0.05, 0.1) is 12.5 Å². The maximum absolute atomic E-state index is 11.7. The molecule has 0 unspecified atom stereocenters. The minimum absolute atomic E-state index is 0.0589. The molecular weight excluding hydrogens is 235 g/mol. The molecule has 2 aliphatic rings. The smallest absolute Gasteiger partial charge is 0.311 e. The molecule has 108 valence electrons. The van der Waals surface area contributed by atoms with E-state index in [2.05, 4.69) is 0 Å². The number of esters is 1. The fourth-order valence-corrected chi connectivity index (χ4v) is 4.44. The summed E-state index contributed by atoms with van der Waals surface area (Å²) in [5.74, 6) is 1.93. The van der Waals surface area contributed by atoms with Gasteiger partial charge < -0.3 is 4.74 Å². The second-order valence-corrected chi connectivity index (χ2v) is 7.31. The third-order valence-corrected chi connectivity index (χ3v) is 5.59. The van der Waals surface area contributed by atoms with E-state index in [4.69, 9.17) is 4.74 Å². The van der Waals surface area contributed by atoms with E-state index in [0.29, 0.717) is 0 Å². The van der Waals surface area contributed by atoms with Gasteiger partial charge in [-0.05, 0) is 20.3 Å². The molecule has 0 saturated carbocycles. The van der Waals surface area contributed by atoms with E-state index >= 15 is 0 Å². The lowest BCUT2D eigenvalue weighted by Crippen LogP contribution is -2.34. The van der Waals surface area contributed by atoms with Gasteiger partial charge in [-0.2, -0.15) is 0 Å². The Bertz CT molecular complexity index is 292. The SMILES string of the molecule is COC(=O)C(C)(C)CCCB1C2CCCC1CCC2. The summed E-state index contributed by atoms with van der Waals surface area (Å²) in [6, 6.07) is 0. The highest BCUT2D eigenvalue weighted by Crippen LogP contribution is 2.48.